The second-order valence-corrected chi connectivity index (χ2v) is 6.42. The lowest BCUT2D eigenvalue weighted by Crippen LogP contribution is -2.33. The molecule has 2 aliphatic heterocycles. The molecule has 0 aromatic carbocycles. The summed E-state index contributed by atoms with van der Waals surface area (Å²) in [7, 11) is 3.83. The largest absolute Gasteiger partial charge is 0.383 e. The summed E-state index contributed by atoms with van der Waals surface area (Å²) in [6.45, 7) is 5.28. The number of ether oxygens (including phenoxy) is 1. The van der Waals surface area contributed by atoms with Gasteiger partial charge >= 0.3 is 0 Å². The Labute approximate surface area is 125 Å². The fourth-order valence-corrected chi connectivity index (χ4v) is 3.55. The Kier molecular flexibility index (Phi) is 3.99. The van der Waals surface area contributed by atoms with Crippen LogP contribution in [0.1, 0.15) is 23.3 Å². The van der Waals surface area contributed by atoms with Gasteiger partial charge in [-0.2, -0.15) is 5.10 Å². The molecule has 2 fully saturated rings. The molecule has 116 valence electrons. The van der Waals surface area contributed by atoms with Gasteiger partial charge in [-0.25, -0.2) is 0 Å². The van der Waals surface area contributed by atoms with Crippen LogP contribution in [0.3, 0.4) is 0 Å². The monoisotopic (exact) mass is 292 g/mol. The van der Waals surface area contributed by atoms with Gasteiger partial charge in [0, 0.05) is 38.4 Å². The summed E-state index contributed by atoms with van der Waals surface area (Å²) >= 11 is 0. The second-order valence-electron chi connectivity index (χ2n) is 6.42. The highest BCUT2D eigenvalue weighted by Crippen LogP contribution is 2.39. The topological polar surface area (TPSA) is 50.6 Å². The Bertz CT molecular complexity index is 516. The number of methoxy groups -OCH3 is 1. The highest BCUT2D eigenvalue weighted by Gasteiger charge is 2.44. The molecule has 0 bridgehead atoms. The second kappa shape index (κ2) is 5.77. The maximum absolute atomic E-state index is 12.6. The van der Waals surface area contributed by atoms with Gasteiger partial charge in [-0.05, 0) is 32.5 Å². The average Bonchev–Trinajstić information content (AvgIpc) is 3.18. The first kappa shape index (κ1) is 14.5. The van der Waals surface area contributed by atoms with E-state index >= 15 is 0 Å². The van der Waals surface area contributed by atoms with Crippen molar-refractivity contribution in [2.75, 3.05) is 46.9 Å². The van der Waals surface area contributed by atoms with Crippen LogP contribution >= 0.6 is 0 Å². The average molecular weight is 292 g/mol. The minimum atomic E-state index is 0.0672. The molecule has 0 aliphatic carbocycles. The number of aromatic nitrogens is 2. The molecule has 1 aromatic heterocycles. The van der Waals surface area contributed by atoms with E-state index < -0.39 is 0 Å². The summed E-state index contributed by atoms with van der Waals surface area (Å²) in [6.07, 6.45) is 4.17. The predicted molar refractivity (Wildman–Crippen MR) is 79.2 cm³/mol. The van der Waals surface area contributed by atoms with E-state index in [9.17, 15) is 4.79 Å². The van der Waals surface area contributed by atoms with Crippen LogP contribution in [-0.4, -0.2) is 72.4 Å². The molecule has 21 heavy (non-hydrogen) atoms. The third-order valence-corrected chi connectivity index (χ3v) is 4.74. The van der Waals surface area contributed by atoms with E-state index in [4.69, 9.17) is 4.74 Å². The van der Waals surface area contributed by atoms with Crippen LogP contribution < -0.4 is 0 Å². The van der Waals surface area contributed by atoms with Crippen molar-refractivity contribution in [3.05, 3.63) is 18.0 Å². The van der Waals surface area contributed by atoms with Crippen LogP contribution in [0.5, 0.6) is 0 Å². The molecule has 1 unspecified atom stereocenters. The van der Waals surface area contributed by atoms with Crippen molar-refractivity contribution in [2.24, 2.45) is 5.41 Å². The molecule has 2 saturated heterocycles. The van der Waals surface area contributed by atoms with E-state index in [0.717, 1.165) is 32.6 Å². The molecule has 1 atom stereocenters. The van der Waals surface area contributed by atoms with Crippen molar-refractivity contribution in [1.29, 1.82) is 0 Å². The maximum atomic E-state index is 12.6. The van der Waals surface area contributed by atoms with E-state index in [1.54, 1.807) is 11.8 Å². The maximum Gasteiger partial charge on any atom is 0.274 e. The Morgan fingerprint density at radius 2 is 2.19 bits per heavy atom. The molecular weight excluding hydrogens is 268 g/mol. The lowest BCUT2D eigenvalue weighted by molar-refractivity contribution is 0.0766. The molecule has 6 nitrogen and oxygen atoms in total. The minimum Gasteiger partial charge on any atom is -0.383 e. The summed E-state index contributed by atoms with van der Waals surface area (Å²) in [4.78, 5) is 16.9. The van der Waals surface area contributed by atoms with Gasteiger partial charge in [0.05, 0.1) is 13.2 Å². The number of hydrogen-bond donors (Lipinski definition) is 0. The van der Waals surface area contributed by atoms with Crippen molar-refractivity contribution in [3.8, 4) is 0 Å². The predicted octanol–water partition coefficient (Wildman–Crippen LogP) is 0.697. The van der Waals surface area contributed by atoms with Gasteiger partial charge in [0.2, 0.25) is 0 Å². The van der Waals surface area contributed by atoms with Crippen LogP contribution in [0.15, 0.2) is 12.3 Å². The molecule has 2 aliphatic rings. The van der Waals surface area contributed by atoms with Crippen molar-refractivity contribution in [1.82, 2.24) is 19.6 Å². The van der Waals surface area contributed by atoms with Gasteiger partial charge in [-0.3, -0.25) is 9.48 Å². The summed E-state index contributed by atoms with van der Waals surface area (Å²) in [6, 6.07) is 1.81. The number of hydrogen-bond acceptors (Lipinski definition) is 4. The van der Waals surface area contributed by atoms with Crippen LogP contribution in [-0.2, 0) is 11.3 Å². The fourth-order valence-electron chi connectivity index (χ4n) is 3.55. The van der Waals surface area contributed by atoms with E-state index in [0.29, 0.717) is 24.3 Å². The first-order chi connectivity index (χ1) is 10.1. The van der Waals surface area contributed by atoms with Crippen molar-refractivity contribution in [2.45, 2.75) is 19.4 Å². The highest BCUT2D eigenvalue weighted by molar-refractivity contribution is 5.92. The Morgan fingerprint density at radius 3 is 2.90 bits per heavy atom. The van der Waals surface area contributed by atoms with Crippen molar-refractivity contribution < 1.29 is 9.53 Å². The highest BCUT2D eigenvalue weighted by atomic mass is 16.5. The molecule has 1 aromatic rings. The lowest BCUT2D eigenvalue weighted by Gasteiger charge is -2.23. The normalized spacial score (nSPS) is 26.1. The zero-order valence-corrected chi connectivity index (χ0v) is 12.9. The number of carbonyl (C=O) groups is 1. The van der Waals surface area contributed by atoms with Gasteiger partial charge in [0.1, 0.15) is 5.69 Å². The zero-order valence-electron chi connectivity index (χ0n) is 12.9. The SMILES string of the molecule is COCCn1ccc(C(=O)N2CCC3(CCN(C)C3)C2)n1. The molecule has 3 rings (SSSR count). The van der Waals surface area contributed by atoms with Gasteiger partial charge in [0.25, 0.3) is 5.91 Å². The number of carbonyl (C=O) groups excluding carboxylic acids is 1. The van der Waals surface area contributed by atoms with Crippen molar-refractivity contribution in [3.63, 3.8) is 0 Å². The van der Waals surface area contributed by atoms with E-state index in [1.165, 1.54) is 6.42 Å². The quantitative estimate of drug-likeness (QED) is 0.819. The Balaban J connectivity index is 1.62. The number of rotatable bonds is 4. The molecule has 1 spiro atoms. The first-order valence-corrected chi connectivity index (χ1v) is 7.62. The standard InChI is InChI=1S/C15H24N4O2/c1-17-7-4-15(11-17)5-8-18(12-15)14(20)13-3-6-19(16-13)9-10-21-2/h3,6H,4-5,7-12H2,1-2H3. The van der Waals surface area contributed by atoms with Crippen LogP contribution in [0.4, 0.5) is 0 Å². The molecule has 0 N–H and O–H groups in total. The summed E-state index contributed by atoms with van der Waals surface area (Å²) in [5.74, 6) is 0.0672. The zero-order chi connectivity index (χ0) is 14.9. The number of nitrogens with zero attached hydrogens (tertiary/aromatic N) is 4. The molecule has 0 radical (unpaired) electrons. The summed E-state index contributed by atoms with van der Waals surface area (Å²) < 4.78 is 6.80. The molecule has 0 saturated carbocycles. The van der Waals surface area contributed by atoms with Gasteiger partial charge in [0.15, 0.2) is 0 Å². The smallest absolute Gasteiger partial charge is 0.274 e. The fraction of sp³-hybridized carbons (Fsp3) is 0.733. The third-order valence-electron chi connectivity index (χ3n) is 4.74. The lowest BCUT2D eigenvalue weighted by atomic mass is 9.86. The third kappa shape index (κ3) is 2.96. The van der Waals surface area contributed by atoms with E-state index in [1.807, 2.05) is 17.2 Å². The number of amides is 1. The molecule has 1 amide bonds. The molecule has 3 heterocycles. The van der Waals surface area contributed by atoms with Crippen LogP contribution in [0.2, 0.25) is 0 Å². The molecule has 6 heteroatoms. The summed E-state index contributed by atoms with van der Waals surface area (Å²) in [5, 5.41) is 4.36. The molecular formula is C15H24N4O2. The van der Waals surface area contributed by atoms with Gasteiger partial charge in [-0.15, -0.1) is 0 Å². The minimum absolute atomic E-state index is 0.0672. The Morgan fingerprint density at radius 1 is 1.38 bits per heavy atom. The van der Waals surface area contributed by atoms with E-state index in [-0.39, 0.29) is 5.91 Å². The van der Waals surface area contributed by atoms with Gasteiger partial charge < -0.3 is 14.5 Å². The van der Waals surface area contributed by atoms with Gasteiger partial charge in [-0.1, -0.05) is 0 Å². The Hall–Kier alpha value is -1.40. The first-order valence-electron chi connectivity index (χ1n) is 7.62. The summed E-state index contributed by atoms with van der Waals surface area (Å²) in [5.41, 5.74) is 0.873. The van der Waals surface area contributed by atoms with Crippen LogP contribution in [0, 0.1) is 5.41 Å². The number of likely N-dealkylation sites (tertiary alicyclic amines) is 2. The van der Waals surface area contributed by atoms with E-state index in [2.05, 4.69) is 17.0 Å². The van der Waals surface area contributed by atoms with Crippen LogP contribution in [0.25, 0.3) is 0 Å². The van der Waals surface area contributed by atoms with Crippen molar-refractivity contribution >= 4 is 5.91 Å².